The Balaban J connectivity index is 2.15. The van der Waals surface area contributed by atoms with E-state index >= 15 is 0 Å². The number of halogens is 1. The number of fused-ring (bicyclic) bond motifs is 3. The molecule has 0 bridgehead atoms. The van der Waals surface area contributed by atoms with Crippen LogP contribution in [0.15, 0.2) is 22.7 Å². The van der Waals surface area contributed by atoms with E-state index < -0.39 is 0 Å². The maximum atomic E-state index is 11.9. The summed E-state index contributed by atoms with van der Waals surface area (Å²) in [7, 11) is 0. The Morgan fingerprint density at radius 2 is 2.13 bits per heavy atom. The van der Waals surface area contributed by atoms with Gasteiger partial charge in [-0.05, 0) is 42.4 Å². The van der Waals surface area contributed by atoms with Crippen LogP contribution >= 0.6 is 15.9 Å². The Labute approximate surface area is 98.0 Å². The average molecular weight is 265 g/mol. The molecule has 0 saturated heterocycles. The van der Waals surface area contributed by atoms with Crippen molar-refractivity contribution in [1.29, 1.82) is 0 Å². The number of rotatable bonds is 0. The number of carbonyl (C=O) groups is 1. The standard InChI is InChI=1S/C13H13BrO/c14-9-4-5-11-12(7-9)10-3-1-2-8(10)6-13(11)15/h4-5,7-8,10H,1-3,6H2/t8-,10-/m0/s1. The smallest absolute Gasteiger partial charge is 0.163 e. The topological polar surface area (TPSA) is 17.1 Å². The number of Topliss-reactive ketones (excluding diaryl/α,β-unsaturated/α-hetero) is 1. The Morgan fingerprint density at radius 1 is 1.27 bits per heavy atom. The summed E-state index contributed by atoms with van der Waals surface area (Å²) in [6.07, 6.45) is 4.57. The van der Waals surface area contributed by atoms with Gasteiger partial charge in [-0.15, -0.1) is 0 Å². The third-order valence-electron chi connectivity index (χ3n) is 3.82. The van der Waals surface area contributed by atoms with E-state index in [2.05, 4.69) is 22.0 Å². The summed E-state index contributed by atoms with van der Waals surface area (Å²) in [4.78, 5) is 11.9. The van der Waals surface area contributed by atoms with Crippen LogP contribution in [0.5, 0.6) is 0 Å². The number of carbonyl (C=O) groups excluding carboxylic acids is 1. The first-order valence-electron chi connectivity index (χ1n) is 5.58. The zero-order valence-electron chi connectivity index (χ0n) is 8.50. The fraction of sp³-hybridized carbons (Fsp3) is 0.462. The molecule has 0 unspecified atom stereocenters. The van der Waals surface area contributed by atoms with Gasteiger partial charge in [0, 0.05) is 16.5 Å². The van der Waals surface area contributed by atoms with E-state index in [1.165, 1.54) is 24.8 Å². The summed E-state index contributed by atoms with van der Waals surface area (Å²) < 4.78 is 1.10. The third kappa shape index (κ3) is 1.46. The molecule has 1 aromatic carbocycles. The maximum absolute atomic E-state index is 11.9. The van der Waals surface area contributed by atoms with Crippen molar-refractivity contribution in [3.63, 3.8) is 0 Å². The first-order chi connectivity index (χ1) is 7.25. The molecule has 2 aliphatic rings. The monoisotopic (exact) mass is 264 g/mol. The van der Waals surface area contributed by atoms with Crippen molar-refractivity contribution in [3.8, 4) is 0 Å². The quantitative estimate of drug-likeness (QED) is 0.694. The van der Waals surface area contributed by atoms with Gasteiger partial charge >= 0.3 is 0 Å². The van der Waals surface area contributed by atoms with Crippen LogP contribution in [0.4, 0.5) is 0 Å². The van der Waals surface area contributed by atoms with E-state index in [4.69, 9.17) is 0 Å². The Morgan fingerprint density at radius 3 is 3.00 bits per heavy atom. The largest absolute Gasteiger partial charge is 0.294 e. The molecule has 0 spiro atoms. The molecule has 2 aliphatic carbocycles. The second-order valence-electron chi connectivity index (χ2n) is 4.66. The summed E-state index contributed by atoms with van der Waals surface area (Å²) in [6.45, 7) is 0. The molecule has 3 rings (SSSR count). The van der Waals surface area contributed by atoms with Crippen LogP contribution in [-0.4, -0.2) is 5.78 Å². The molecular formula is C13H13BrO. The minimum absolute atomic E-state index is 0.348. The summed E-state index contributed by atoms with van der Waals surface area (Å²) in [5.41, 5.74) is 2.27. The molecule has 0 amide bonds. The van der Waals surface area contributed by atoms with Gasteiger partial charge in [0.15, 0.2) is 5.78 Å². The van der Waals surface area contributed by atoms with Crippen LogP contribution in [0, 0.1) is 5.92 Å². The fourth-order valence-electron chi connectivity index (χ4n) is 3.13. The molecule has 2 atom stereocenters. The summed E-state index contributed by atoms with van der Waals surface area (Å²) in [5.74, 6) is 1.62. The molecule has 0 aromatic heterocycles. The molecule has 1 fully saturated rings. The van der Waals surface area contributed by atoms with E-state index in [9.17, 15) is 4.79 Å². The van der Waals surface area contributed by atoms with Crippen LogP contribution < -0.4 is 0 Å². The normalized spacial score (nSPS) is 28.7. The molecule has 2 heteroatoms. The van der Waals surface area contributed by atoms with Crippen molar-refractivity contribution in [2.75, 3.05) is 0 Å². The molecule has 1 saturated carbocycles. The summed E-state index contributed by atoms with van der Waals surface area (Å²) in [5, 5.41) is 0. The van der Waals surface area contributed by atoms with Crippen molar-refractivity contribution in [2.45, 2.75) is 31.6 Å². The number of benzene rings is 1. The highest BCUT2D eigenvalue weighted by Crippen LogP contribution is 2.47. The van der Waals surface area contributed by atoms with Crippen molar-refractivity contribution in [2.24, 2.45) is 5.92 Å². The Kier molecular flexibility index (Phi) is 2.20. The van der Waals surface area contributed by atoms with E-state index in [0.29, 0.717) is 17.6 Å². The van der Waals surface area contributed by atoms with Crippen LogP contribution in [0.2, 0.25) is 0 Å². The molecule has 0 N–H and O–H groups in total. The zero-order valence-corrected chi connectivity index (χ0v) is 10.1. The summed E-state index contributed by atoms with van der Waals surface area (Å²) >= 11 is 3.50. The lowest BCUT2D eigenvalue weighted by molar-refractivity contribution is 0.0943. The highest BCUT2D eigenvalue weighted by atomic mass is 79.9. The third-order valence-corrected chi connectivity index (χ3v) is 4.31. The van der Waals surface area contributed by atoms with E-state index in [0.717, 1.165) is 16.5 Å². The van der Waals surface area contributed by atoms with Crippen LogP contribution in [0.25, 0.3) is 0 Å². The number of ketones is 1. The second-order valence-corrected chi connectivity index (χ2v) is 5.57. The minimum Gasteiger partial charge on any atom is -0.294 e. The van der Waals surface area contributed by atoms with Crippen molar-refractivity contribution < 1.29 is 4.79 Å². The van der Waals surface area contributed by atoms with E-state index in [1.54, 1.807) is 0 Å². The fourth-order valence-corrected chi connectivity index (χ4v) is 3.51. The molecule has 78 valence electrons. The average Bonchev–Trinajstić information content (AvgIpc) is 2.65. The Bertz CT molecular complexity index is 425. The maximum Gasteiger partial charge on any atom is 0.163 e. The van der Waals surface area contributed by atoms with Gasteiger partial charge in [-0.25, -0.2) is 0 Å². The molecule has 0 heterocycles. The minimum atomic E-state index is 0.348. The molecular weight excluding hydrogens is 252 g/mol. The van der Waals surface area contributed by atoms with Crippen LogP contribution in [0.1, 0.15) is 47.5 Å². The SMILES string of the molecule is O=C1C[C@@H]2CCC[C@@H]2c2cc(Br)ccc21. The van der Waals surface area contributed by atoms with Gasteiger partial charge in [-0.1, -0.05) is 28.4 Å². The van der Waals surface area contributed by atoms with E-state index in [-0.39, 0.29) is 0 Å². The highest BCUT2D eigenvalue weighted by Gasteiger charge is 2.36. The van der Waals surface area contributed by atoms with Crippen LogP contribution in [0.3, 0.4) is 0 Å². The van der Waals surface area contributed by atoms with Gasteiger partial charge in [0.05, 0.1) is 0 Å². The Hall–Kier alpha value is -0.630. The summed E-state index contributed by atoms with van der Waals surface area (Å²) in [6, 6.07) is 6.11. The molecule has 1 nitrogen and oxygen atoms in total. The lowest BCUT2D eigenvalue weighted by Crippen LogP contribution is -2.21. The number of hydrogen-bond acceptors (Lipinski definition) is 1. The van der Waals surface area contributed by atoms with Crippen molar-refractivity contribution >= 4 is 21.7 Å². The lowest BCUT2D eigenvalue weighted by atomic mass is 9.76. The van der Waals surface area contributed by atoms with Crippen molar-refractivity contribution in [3.05, 3.63) is 33.8 Å². The highest BCUT2D eigenvalue weighted by molar-refractivity contribution is 9.10. The first-order valence-corrected chi connectivity index (χ1v) is 6.37. The predicted molar refractivity (Wildman–Crippen MR) is 63.2 cm³/mol. The van der Waals surface area contributed by atoms with Gasteiger partial charge in [0.1, 0.15) is 0 Å². The lowest BCUT2D eigenvalue weighted by Gasteiger charge is -2.27. The van der Waals surface area contributed by atoms with E-state index in [1.807, 2.05) is 12.1 Å². The predicted octanol–water partition coefficient (Wildman–Crippen LogP) is 3.92. The van der Waals surface area contributed by atoms with Gasteiger partial charge in [-0.2, -0.15) is 0 Å². The van der Waals surface area contributed by atoms with Gasteiger partial charge in [0.25, 0.3) is 0 Å². The molecule has 0 radical (unpaired) electrons. The van der Waals surface area contributed by atoms with Crippen LogP contribution in [-0.2, 0) is 0 Å². The second kappa shape index (κ2) is 3.44. The zero-order chi connectivity index (χ0) is 10.4. The van der Waals surface area contributed by atoms with Crippen molar-refractivity contribution in [1.82, 2.24) is 0 Å². The van der Waals surface area contributed by atoms with Gasteiger partial charge in [0.2, 0.25) is 0 Å². The molecule has 15 heavy (non-hydrogen) atoms. The van der Waals surface area contributed by atoms with Gasteiger partial charge in [-0.3, -0.25) is 4.79 Å². The molecule has 0 aliphatic heterocycles. The molecule has 1 aromatic rings. The number of hydrogen-bond donors (Lipinski definition) is 0. The van der Waals surface area contributed by atoms with Gasteiger partial charge < -0.3 is 0 Å². The first kappa shape index (κ1) is 9.59.